The van der Waals surface area contributed by atoms with Crippen molar-refractivity contribution in [1.29, 1.82) is 0 Å². The van der Waals surface area contributed by atoms with Gasteiger partial charge in [-0.2, -0.15) is 0 Å². The zero-order valence-electron chi connectivity index (χ0n) is 13.0. The van der Waals surface area contributed by atoms with Crippen molar-refractivity contribution < 1.29 is 9.18 Å². The number of aromatic nitrogens is 3. The van der Waals surface area contributed by atoms with Gasteiger partial charge in [-0.3, -0.25) is 14.8 Å². The maximum Gasteiger partial charge on any atom is 0.268 e. The molecule has 0 fully saturated rings. The third kappa shape index (κ3) is 3.21. The van der Waals surface area contributed by atoms with Gasteiger partial charge in [0, 0.05) is 49.0 Å². The molecule has 6 heteroatoms. The number of nitrogens with zero attached hydrogens (tertiary/aromatic N) is 3. The van der Waals surface area contributed by atoms with E-state index in [4.69, 9.17) is 0 Å². The van der Waals surface area contributed by atoms with Crippen molar-refractivity contribution in [3.05, 3.63) is 60.1 Å². The van der Waals surface area contributed by atoms with Crippen LogP contribution < -0.4 is 5.32 Å². The van der Waals surface area contributed by atoms with Gasteiger partial charge in [0.2, 0.25) is 0 Å². The summed E-state index contributed by atoms with van der Waals surface area (Å²) >= 11 is 0. The molecule has 0 saturated heterocycles. The van der Waals surface area contributed by atoms with Crippen LogP contribution in [0.15, 0.2) is 42.9 Å². The van der Waals surface area contributed by atoms with Crippen LogP contribution >= 0.6 is 0 Å². The molecule has 23 heavy (non-hydrogen) atoms. The number of fused-ring (bicyclic) bond motifs is 1. The van der Waals surface area contributed by atoms with E-state index in [1.807, 2.05) is 6.92 Å². The third-order valence-electron chi connectivity index (χ3n) is 3.75. The maximum atomic E-state index is 13.3. The second kappa shape index (κ2) is 6.16. The smallest absolute Gasteiger partial charge is 0.268 e. The fourth-order valence-corrected chi connectivity index (χ4v) is 2.64. The van der Waals surface area contributed by atoms with Gasteiger partial charge in [0.1, 0.15) is 11.5 Å². The molecule has 1 amide bonds. The van der Waals surface area contributed by atoms with E-state index in [1.54, 1.807) is 42.3 Å². The summed E-state index contributed by atoms with van der Waals surface area (Å²) in [6.45, 7) is 1.91. The highest BCUT2D eigenvalue weighted by Crippen LogP contribution is 2.20. The molecule has 5 nitrogen and oxygen atoms in total. The zero-order chi connectivity index (χ0) is 16.4. The van der Waals surface area contributed by atoms with Gasteiger partial charge in [-0.25, -0.2) is 4.39 Å². The minimum absolute atomic E-state index is 0.0889. The van der Waals surface area contributed by atoms with E-state index in [0.29, 0.717) is 17.5 Å². The molecule has 1 N–H and O–H groups in total. The van der Waals surface area contributed by atoms with Gasteiger partial charge in [0.25, 0.3) is 5.91 Å². The van der Waals surface area contributed by atoms with Gasteiger partial charge in [0.15, 0.2) is 0 Å². The Balaban J connectivity index is 1.76. The fraction of sp³-hybridized carbons (Fsp3) is 0.235. The summed E-state index contributed by atoms with van der Waals surface area (Å²) in [5.74, 6) is -0.508. The van der Waals surface area contributed by atoms with Crippen molar-refractivity contribution in [1.82, 2.24) is 19.9 Å². The normalized spacial score (nSPS) is 12.3. The Morgan fingerprint density at radius 1 is 1.35 bits per heavy atom. The predicted octanol–water partition coefficient (Wildman–Crippen LogP) is 2.47. The summed E-state index contributed by atoms with van der Waals surface area (Å²) in [5, 5.41) is 3.65. The summed E-state index contributed by atoms with van der Waals surface area (Å²) in [6.07, 6.45) is 5.52. The fourth-order valence-electron chi connectivity index (χ4n) is 2.64. The lowest BCUT2D eigenvalue weighted by molar-refractivity contribution is 0.0932. The van der Waals surface area contributed by atoms with E-state index in [9.17, 15) is 9.18 Å². The average Bonchev–Trinajstić information content (AvgIpc) is 2.84. The Hall–Kier alpha value is -2.76. The number of aryl methyl sites for hydroxylation is 1. The third-order valence-corrected chi connectivity index (χ3v) is 3.75. The number of carbonyl (C=O) groups excluding carboxylic acids is 1. The number of rotatable bonds is 4. The average molecular weight is 312 g/mol. The van der Waals surface area contributed by atoms with Crippen LogP contribution in [0, 0.1) is 5.82 Å². The van der Waals surface area contributed by atoms with Crippen molar-refractivity contribution >= 4 is 16.8 Å². The molecule has 3 rings (SSSR count). The van der Waals surface area contributed by atoms with Crippen molar-refractivity contribution in [3.8, 4) is 0 Å². The van der Waals surface area contributed by atoms with Crippen LogP contribution in [0.1, 0.15) is 23.1 Å². The SMILES string of the molecule is CC(Cc1cnccn1)NC(=O)c1cc2cc(F)ccc2n1C. The minimum atomic E-state index is -0.314. The number of nitrogens with one attached hydrogen (secondary N) is 1. The maximum absolute atomic E-state index is 13.3. The van der Waals surface area contributed by atoms with E-state index < -0.39 is 0 Å². The molecule has 2 heterocycles. The van der Waals surface area contributed by atoms with Gasteiger partial charge < -0.3 is 9.88 Å². The van der Waals surface area contributed by atoms with Crippen molar-refractivity contribution in [2.75, 3.05) is 0 Å². The molecule has 118 valence electrons. The second-order valence-electron chi connectivity index (χ2n) is 5.57. The number of hydrogen-bond donors (Lipinski definition) is 1. The minimum Gasteiger partial charge on any atom is -0.348 e. The van der Waals surface area contributed by atoms with Crippen LogP contribution in [-0.2, 0) is 13.5 Å². The van der Waals surface area contributed by atoms with Gasteiger partial charge in [-0.05, 0) is 31.2 Å². The summed E-state index contributed by atoms with van der Waals surface area (Å²) in [4.78, 5) is 20.7. The van der Waals surface area contributed by atoms with Crippen molar-refractivity contribution in [2.45, 2.75) is 19.4 Å². The van der Waals surface area contributed by atoms with Gasteiger partial charge in [-0.15, -0.1) is 0 Å². The van der Waals surface area contributed by atoms with Crippen LogP contribution in [0.25, 0.3) is 10.9 Å². The lowest BCUT2D eigenvalue weighted by Gasteiger charge is -2.13. The Labute approximate surface area is 133 Å². The van der Waals surface area contributed by atoms with E-state index in [2.05, 4.69) is 15.3 Å². The highest BCUT2D eigenvalue weighted by molar-refractivity contribution is 5.98. The topological polar surface area (TPSA) is 59.8 Å². The molecule has 1 aromatic carbocycles. The molecule has 0 radical (unpaired) electrons. The van der Waals surface area contributed by atoms with Crippen molar-refractivity contribution in [2.24, 2.45) is 7.05 Å². The Kier molecular flexibility index (Phi) is 4.06. The molecular weight excluding hydrogens is 295 g/mol. The van der Waals surface area contributed by atoms with Crippen LogP contribution in [0.5, 0.6) is 0 Å². The Morgan fingerprint density at radius 2 is 2.17 bits per heavy atom. The summed E-state index contributed by atoms with van der Waals surface area (Å²) in [5.41, 5.74) is 2.13. The second-order valence-corrected chi connectivity index (χ2v) is 5.57. The summed E-state index contributed by atoms with van der Waals surface area (Å²) in [7, 11) is 1.79. The van der Waals surface area contributed by atoms with Crippen LogP contribution in [0.2, 0.25) is 0 Å². The molecule has 0 spiro atoms. The van der Waals surface area contributed by atoms with Gasteiger partial charge >= 0.3 is 0 Å². The number of hydrogen-bond acceptors (Lipinski definition) is 3. The lowest BCUT2D eigenvalue weighted by atomic mass is 10.2. The van der Waals surface area contributed by atoms with E-state index in [1.165, 1.54) is 12.1 Å². The lowest BCUT2D eigenvalue weighted by Crippen LogP contribution is -2.35. The quantitative estimate of drug-likeness (QED) is 0.805. The van der Waals surface area contributed by atoms with E-state index in [-0.39, 0.29) is 17.8 Å². The molecule has 1 atom stereocenters. The first-order chi connectivity index (χ1) is 11.0. The zero-order valence-corrected chi connectivity index (χ0v) is 13.0. The molecule has 0 bridgehead atoms. The van der Waals surface area contributed by atoms with Crippen LogP contribution in [-0.4, -0.2) is 26.5 Å². The van der Waals surface area contributed by atoms with Gasteiger partial charge in [0.05, 0.1) is 5.69 Å². The van der Waals surface area contributed by atoms with Crippen LogP contribution in [0.4, 0.5) is 4.39 Å². The molecular formula is C17H17FN4O. The molecule has 2 aromatic heterocycles. The molecule has 1 unspecified atom stereocenters. The number of benzene rings is 1. The molecule has 3 aromatic rings. The van der Waals surface area contributed by atoms with Crippen LogP contribution in [0.3, 0.4) is 0 Å². The first kappa shape index (κ1) is 15.1. The Bertz CT molecular complexity index is 844. The predicted molar refractivity (Wildman–Crippen MR) is 85.5 cm³/mol. The first-order valence-corrected chi connectivity index (χ1v) is 7.35. The first-order valence-electron chi connectivity index (χ1n) is 7.35. The van der Waals surface area contributed by atoms with Gasteiger partial charge in [-0.1, -0.05) is 0 Å². The Morgan fingerprint density at radius 3 is 2.91 bits per heavy atom. The number of carbonyl (C=O) groups is 1. The standard InChI is InChI=1S/C17H17FN4O/c1-11(7-14-10-19-5-6-20-14)21-17(23)16-9-12-8-13(18)3-4-15(12)22(16)2/h3-6,8-11H,7H2,1-2H3,(H,21,23). The number of halogens is 1. The van der Waals surface area contributed by atoms with Crippen molar-refractivity contribution in [3.63, 3.8) is 0 Å². The molecule has 0 aliphatic carbocycles. The van der Waals surface area contributed by atoms with E-state index in [0.717, 1.165) is 11.2 Å². The molecule has 0 aliphatic rings. The summed E-state index contributed by atoms with van der Waals surface area (Å²) in [6, 6.07) is 6.09. The van der Waals surface area contributed by atoms with E-state index >= 15 is 0 Å². The number of amides is 1. The highest BCUT2D eigenvalue weighted by Gasteiger charge is 2.16. The highest BCUT2D eigenvalue weighted by atomic mass is 19.1. The summed E-state index contributed by atoms with van der Waals surface area (Å²) < 4.78 is 15.1. The monoisotopic (exact) mass is 312 g/mol. The molecule has 0 saturated carbocycles. The largest absolute Gasteiger partial charge is 0.348 e. The molecule has 0 aliphatic heterocycles.